The largest absolute Gasteiger partial charge is 0.385 e. The fraction of sp³-hybridized carbons (Fsp3) is 0.500. The van der Waals surface area contributed by atoms with Crippen LogP contribution in [-0.4, -0.2) is 26.5 Å². The van der Waals surface area contributed by atoms with Crippen molar-refractivity contribution in [1.82, 2.24) is 0 Å². The molecular formula is C12H18ClNO2S. The van der Waals surface area contributed by atoms with E-state index in [2.05, 4.69) is 5.32 Å². The molecule has 0 aliphatic rings. The van der Waals surface area contributed by atoms with Crippen molar-refractivity contribution in [2.24, 2.45) is 0 Å². The van der Waals surface area contributed by atoms with Crippen molar-refractivity contribution in [3.63, 3.8) is 0 Å². The lowest BCUT2D eigenvalue weighted by atomic mass is 10.2. The Kier molecular flexibility index (Phi) is 5.78. The molecule has 0 saturated carbocycles. The fourth-order valence-electron chi connectivity index (χ4n) is 1.38. The monoisotopic (exact) mass is 275 g/mol. The number of halogens is 1. The summed E-state index contributed by atoms with van der Waals surface area (Å²) in [6.07, 6.45) is 0.632. The third kappa shape index (κ3) is 5.41. The second-order valence-electron chi connectivity index (χ2n) is 3.85. The molecular weight excluding hydrogens is 258 g/mol. The van der Waals surface area contributed by atoms with Gasteiger partial charge in [0.2, 0.25) is 0 Å². The topological polar surface area (TPSA) is 46.2 Å². The van der Waals surface area contributed by atoms with Gasteiger partial charge in [0, 0.05) is 23.9 Å². The van der Waals surface area contributed by atoms with Crippen molar-refractivity contribution in [2.45, 2.75) is 19.2 Å². The Morgan fingerprint density at radius 1 is 1.24 bits per heavy atom. The lowest BCUT2D eigenvalue weighted by molar-refractivity contribution is 0.595. The highest BCUT2D eigenvalue weighted by Gasteiger charge is 2.05. The quantitative estimate of drug-likeness (QED) is 0.615. The molecule has 1 N–H and O–H groups in total. The molecule has 1 aromatic rings. The van der Waals surface area contributed by atoms with Crippen LogP contribution in [0.3, 0.4) is 0 Å². The van der Waals surface area contributed by atoms with E-state index >= 15 is 0 Å². The van der Waals surface area contributed by atoms with E-state index in [1.54, 1.807) is 6.92 Å². The van der Waals surface area contributed by atoms with Gasteiger partial charge in [0.15, 0.2) is 0 Å². The van der Waals surface area contributed by atoms with Crippen molar-refractivity contribution in [2.75, 3.05) is 23.4 Å². The predicted octanol–water partition coefficient (Wildman–Crippen LogP) is 2.66. The number of hydrogen-bond acceptors (Lipinski definition) is 3. The van der Waals surface area contributed by atoms with E-state index in [0.717, 1.165) is 11.3 Å². The fourth-order valence-corrected chi connectivity index (χ4v) is 2.43. The average Bonchev–Trinajstić information content (AvgIpc) is 2.35. The van der Waals surface area contributed by atoms with E-state index < -0.39 is 9.84 Å². The Morgan fingerprint density at radius 2 is 1.88 bits per heavy atom. The molecule has 1 aromatic carbocycles. The number of nitrogens with one attached hydrogen (secondary N) is 1. The Hall–Kier alpha value is -0.740. The second-order valence-corrected chi connectivity index (χ2v) is 6.59. The van der Waals surface area contributed by atoms with E-state index in [9.17, 15) is 8.42 Å². The van der Waals surface area contributed by atoms with Gasteiger partial charge < -0.3 is 5.32 Å². The van der Waals surface area contributed by atoms with Gasteiger partial charge in [-0.25, -0.2) is 8.42 Å². The normalized spacial score (nSPS) is 11.4. The standard InChI is InChI=1S/C12H18ClNO2S/c1-2-17(15,16)9-3-8-14-12-6-4-11(10-13)5-7-12/h4-7,14H,2-3,8-10H2,1H3. The predicted molar refractivity (Wildman–Crippen MR) is 73.4 cm³/mol. The molecule has 96 valence electrons. The van der Waals surface area contributed by atoms with Crippen LogP contribution in [-0.2, 0) is 15.7 Å². The molecule has 0 aliphatic heterocycles. The SMILES string of the molecule is CCS(=O)(=O)CCCNc1ccc(CCl)cc1. The summed E-state index contributed by atoms with van der Waals surface area (Å²) >= 11 is 5.69. The molecule has 0 spiro atoms. The molecule has 0 heterocycles. The molecule has 0 atom stereocenters. The molecule has 0 radical (unpaired) electrons. The first kappa shape index (κ1) is 14.3. The van der Waals surface area contributed by atoms with E-state index in [4.69, 9.17) is 11.6 Å². The molecule has 0 aromatic heterocycles. The number of hydrogen-bond donors (Lipinski definition) is 1. The van der Waals surface area contributed by atoms with Crippen LogP contribution in [0.5, 0.6) is 0 Å². The zero-order chi connectivity index (χ0) is 12.7. The lowest BCUT2D eigenvalue weighted by Gasteiger charge is -2.06. The molecule has 5 heteroatoms. The molecule has 0 unspecified atom stereocenters. The van der Waals surface area contributed by atoms with Crippen molar-refractivity contribution < 1.29 is 8.42 Å². The number of rotatable bonds is 7. The van der Waals surface area contributed by atoms with Crippen LogP contribution in [0, 0.1) is 0 Å². The third-order valence-electron chi connectivity index (χ3n) is 2.51. The Balaban J connectivity index is 2.31. The minimum Gasteiger partial charge on any atom is -0.385 e. The summed E-state index contributed by atoms with van der Waals surface area (Å²) in [7, 11) is -2.84. The zero-order valence-electron chi connectivity index (χ0n) is 9.95. The highest BCUT2D eigenvalue weighted by atomic mass is 35.5. The van der Waals surface area contributed by atoms with Crippen LogP contribution < -0.4 is 5.32 Å². The van der Waals surface area contributed by atoms with Gasteiger partial charge in [0.1, 0.15) is 9.84 Å². The maximum absolute atomic E-state index is 11.3. The first-order chi connectivity index (χ1) is 8.07. The first-order valence-electron chi connectivity index (χ1n) is 5.66. The lowest BCUT2D eigenvalue weighted by Crippen LogP contribution is -2.12. The molecule has 0 aliphatic carbocycles. The van der Waals surface area contributed by atoms with E-state index in [1.807, 2.05) is 24.3 Å². The van der Waals surface area contributed by atoms with Gasteiger partial charge in [0.05, 0.1) is 5.75 Å². The van der Waals surface area contributed by atoms with Crippen LogP contribution in [0.4, 0.5) is 5.69 Å². The van der Waals surface area contributed by atoms with Crippen molar-refractivity contribution >= 4 is 27.1 Å². The van der Waals surface area contributed by atoms with Crippen LogP contribution in [0.25, 0.3) is 0 Å². The Bertz CT molecular complexity index is 428. The van der Waals surface area contributed by atoms with Crippen LogP contribution >= 0.6 is 11.6 Å². The molecule has 0 bridgehead atoms. The Labute approximate surface area is 108 Å². The maximum atomic E-state index is 11.3. The highest BCUT2D eigenvalue weighted by Crippen LogP contribution is 2.11. The highest BCUT2D eigenvalue weighted by molar-refractivity contribution is 7.91. The van der Waals surface area contributed by atoms with Gasteiger partial charge >= 0.3 is 0 Å². The number of benzene rings is 1. The number of alkyl halides is 1. The summed E-state index contributed by atoms with van der Waals surface area (Å²) in [5.74, 6) is 0.975. The van der Waals surface area contributed by atoms with Crippen LogP contribution in [0.15, 0.2) is 24.3 Å². The molecule has 0 fully saturated rings. The minimum atomic E-state index is -2.84. The van der Waals surface area contributed by atoms with E-state index in [1.165, 1.54) is 0 Å². The third-order valence-corrected chi connectivity index (χ3v) is 4.61. The smallest absolute Gasteiger partial charge is 0.150 e. The van der Waals surface area contributed by atoms with Crippen LogP contribution in [0.1, 0.15) is 18.9 Å². The summed E-state index contributed by atoms with van der Waals surface area (Å²) in [5, 5.41) is 3.19. The van der Waals surface area contributed by atoms with Gasteiger partial charge in [-0.05, 0) is 24.1 Å². The minimum absolute atomic E-state index is 0.220. The molecule has 3 nitrogen and oxygen atoms in total. The molecule has 0 saturated heterocycles. The summed E-state index contributed by atoms with van der Waals surface area (Å²) in [5.41, 5.74) is 2.07. The maximum Gasteiger partial charge on any atom is 0.150 e. The number of anilines is 1. The summed E-state index contributed by atoms with van der Waals surface area (Å²) in [4.78, 5) is 0. The van der Waals surface area contributed by atoms with Crippen LogP contribution in [0.2, 0.25) is 0 Å². The van der Waals surface area contributed by atoms with Crippen molar-refractivity contribution in [3.05, 3.63) is 29.8 Å². The van der Waals surface area contributed by atoms with Crippen molar-refractivity contribution in [1.29, 1.82) is 0 Å². The average molecular weight is 276 g/mol. The Morgan fingerprint density at radius 3 is 2.41 bits per heavy atom. The number of sulfone groups is 1. The summed E-state index contributed by atoms with van der Waals surface area (Å²) in [6.45, 7) is 2.34. The van der Waals surface area contributed by atoms with Gasteiger partial charge in [0.25, 0.3) is 0 Å². The first-order valence-corrected chi connectivity index (χ1v) is 8.02. The summed E-state index contributed by atoms with van der Waals surface area (Å²) in [6, 6.07) is 7.81. The zero-order valence-corrected chi connectivity index (χ0v) is 11.5. The molecule has 0 amide bonds. The van der Waals surface area contributed by atoms with Gasteiger partial charge in [-0.15, -0.1) is 11.6 Å². The summed E-state index contributed by atoms with van der Waals surface area (Å²) < 4.78 is 22.5. The van der Waals surface area contributed by atoms with Gasteiger partial charge in [-0.2, -0.15) is 0 Å². The van der Waals surface area contributed by atoms with Crippen molar-refractivity contribution in [3.8, 4) is 0 Å². The molecule has 17 heavy (non-hydrogen) atoms. The van der Waals surface area contributed by atoms with Gasteiger partial charge in [-0.3, -0.25) is 0 Å². The van der Waals surface area contributed by atoms with E-state index in [0.29, 0.717) is 18.8 Å². The van der Waals surface area contributed by atoms with E-state index in [-0.39, 0.29) is 11.5 Å². The molecule has 1 rings (SSSR count). The second kappa shape index (κ2) is 6.87. The van der Waals surface area contributed by atoms with Gasteiger partial charge in [-0.1, -0.05) is 19.1 Å².